The number of hydrogen-bond donors (Lipinski definition) is 1. The lowest BCUT2D eigenvalue weighted by Gasteiger charge is -2.01. The van der Waals surface area contributed by atoms with E-state index in [9.17, 15) is 4.79 Å². The second-order valence-electron chi connectivity index (χ2n) is 4.60. The van der Waals surface area contributed by atoms with Gasteiger partial charge in [0.1, 0.15) is 5.70 Å². The number of unbranched alkanes of at least 4 members (excludes halogenated alkanes) is 1. The Morgan fingerprint density at radius 1 is 1.33 bits per heavy atom. The molecule has 0 saturated carbocycles. The third-order valence-electron chi connectivity index (χ3n) is 2.97. The molecule has 0 aromatic heterocycles. The lowest BCUT2D eigenvalue weighted by Crippen LogP contribution is -2.16. The van der Waals surface area contributed by atoms with Gasteiger partial charge in [0.05, 0.1) is 0 Å². The molecule has 0 amide bonds. The molecule has 1 aliphatic rings. The fourth-order valence-electron chi connectivity index (χ4n) is 1.96. The highest BCUT2D eigenvalue weighted by atomic mass is 16.6. The smallest absolute Gasteiger partial charge is 0.356 e. The summed E-state index contributed by atoms with van der Waals surface area (Å²) < 4.78 is 5.00. The summed E-state index contributed by atoms with van der Waals surface area (Å²) in [5, 5.41) is 2.99. The van der Waals surface area contributed by atoms with Gasteiger partial charge in [-0.3, -0.25) is 0 Å². The highest BCUT2D eigenvalue weighted by Crippen LogP contribution is 2.14. The number of hydrogen-bond acceptors (Lipinski definition) is 3. The number of aryl methyl sites for hydroxylation is 1. The van der Waals surface area contributed by atoms with Crippen LogP contribution in [0.5, 0.6) is 0 Å². The van der Waals surface area contributed by atoms with Gasteiger partial charge in [0, 0.05) is 0 Å². The van der Waals surface area contributed by atoms with E-state index >= 15 is 0 Å². The monoisotopic (exact) mass is 245 g/mol. The van der Waals surface area contributed by atoms with E-state index in [-0.39, 0.29) is 12.2 Å². The van der Waals surface area contributed by atoms with Crippen molar-refractivity contribution >= 4 is 12.0 Å². The van der Waals surface area contributed by atoms with Crippen LogP contribution in [0.3, 0.4) is 0 Å². The fraction of sp³-hybridized carbons (Fsp3) is 0.400. The molecule has 0 spiro atoms. The molecule has 1 aromatic carbocycles. The zero-order chi connectivity index (χ0) is 13.0. The molecule has 1 fully saturated rings. The Morgan fingerprint density at radius 3 is 2.61 bits per heavy atom. The van der Waals surface area contributed by atoms with Crippen LogP contribution in [0.15, 0.2) is 30.0 Å². The molecular formula is C15H19NO2. The summed E-state index contributed by atoms with van der Waals surface area (Å²) in [6.07, 6.45) is 5.14. The summed E-state index contributed by atoms with van der Waals surface area (Å²) in [4.78, 5) is 11.4. The predicted octanol–water partition coefficient (Wildman–Crippen LogP) is 2.86. The summed E-state index contributed by atoms with van der Waals surface area (Å²) in [5.41, 5.74) is 2.89. The summed E-state index contributed by atoms with van der Waals surface area (Å²) in [7, 11) is 0. The lowest BCUT2D eigenvalue weighted by atomic mass is 10.1. The molecule has 1 heterocycles. The van der Waals surface area contributed by atoms with Gasteiger partial charge in [0.15, 0.2) is 6.23 Å². The minimum absolute atomic E-state index is 0.229. The van der Waals surface area contributed by atoms with Gasteiger partial charge in [-0.15, -0.1) is 0 Å². The van der Waals surface area contributed by atoms with Gasteiger partial charge < -0.3 is 10.1 Å². The molecule has 1 unspecified atom stereocenters. The molecule has 1 aromatic rings. The van der Waals surface area contributed by atoms with Crippen molar-refractivity contribution in [2.45, 2.75) is 39.3 Å². The highest BCUT2D eigenvalue weighted by Gasteiger charge is 2.23. The first kappa shape index (κ1) is 12.7. The van der Waals surface area contributed by atoms with Crippen molar-refractivity contribution < 1.29 is 9.53 Å². The van der Waals surface area contributed by atoms with E-state index in [1.165, 1.54) is 18.4 Å². The molecule has 0 aliphatic carbocycles. The Bertz CT molecular complexity index is 448. The van der Waals surface area contributed by atoms with E-state index in [4.69, 9.17) is 4.74 Å². The third kappa shape index (κ3) is 3.13. The van der Waals surface area contributed by atoms with Crippen LogP contribution in [0.2, 0.25) is 0 Å². The van der Waals surface area contributed by atoms with Crippen LogP contribution < -0.4 is 5.32 Å². The second-order valence-corrected chi connectivity index (χ2v) is 4.60. The largest absolute Gasteiger partial charge is 0.437 e. The maximum atomic E-state index is 11.4. The fourth-order valence-corrected chi connectivity index (χ4v) is 1.96. The van der Waals surface area contributed by atoms with Gasteiger partial charge in [-0.25, -0.2) is 4.79 Å². The normalized spacial score (nSPS) is 20.9. The van der Waals surface area contributed by atoms with Gasteiger partial charge >= 0.3 is 5.97 Å². The SMILES string of the molecule is CCCCc1ccc(/C=C2/NC(C)OC2=O)cc1. The van der Waals surface area contributed by atoms with Crippen LogP contribution in [0.4, 0.5) is 0 Å². The van der Waals surface area contributed by atoms with Crippen LogP contribution >= 0.6 is 0 Å². The number of carbonyl (C=O) groups is 1. The Balaban J connectivity index is 2.06. The summed E-state index contributed by atoms with van der Waals surface area (Å²) in [5.74, 6) is -0.280. The van der Waals surface area contributed by atoms with E-state index in [0.29, 0.717) is 5.70 Å². The zero-order valence-electron chi connectivity index (χ0n) is 10.9. The van der Waals surface area contributed by atoms with E-state index in [2.05, 4.69) is 24.4 Å². The van der Waals surface area contributed by atoms with Crippen molar-refractivity contribution in [3.63, 3.8) is 0 Å². The minimum Gasteiger partial charge on any atom is -0.437 e. The highest BCUT2D eigenvalue weighted by molar-refractivity contribution is 5.94. The molecule has 2 rings (SSSR count). The van der Waals surface area contributed by atoms with Gasteiger partial charge in [-0.05, 0) is 37.0 Å². The van der Waals surface area contributed by atoms with Gasteiger partial charge in [0.25, 0.3) is 0 Å². The predicted molar refractivity (Wildman–Crippen MR) is 71.7 cm³/mol. The average Bonchev–Trinajstić information content (AvgIpc) is 2.67. The topological polar surface area (TPSA) is 38.3 Å². The molecule has 0 radical (unpaired) electrons. The van der Waals surface area contributed by atoms with Crippen molar-refractivity contribution in [1.29, 1.82) is 0 Å². The number of esters is 1. The number of benzene rings is 1. The first-order valence-electron chi connectivity index (χ1n) is 6.47. The first-order chi connectivity index (χ1) is 8.69. The Morgan fingerprint density at radius 2 is 2.06 bits per heavy atom. The maximum Gasteiger partial charge on any atom is 0.356 e. The Hall–Kier alpha value is -1.77. The van der Waals surface area contributed by atoms with Crippen molar-refractivity contribution in [2.24, 2.45) is 0 Å². The van der Waals surface area contributed by atoms with Gasteiger partial charge in [0.2, 0.25) is 0 Å². The molecular weight excluding hydrogens is 226 g/mol. The van der Waals surface area contributed by atoms with Crippen LogP contribution in [0.25, 0.3) is 6.08 Å². The van der Waals surface area contributed by atoms with Crippen LogP contribution in [-0.4, -0.2) is 12.2 Å². The standard InChI is InChI=1S/C15H19NO2/c1-3-4-5-12-6-8-13(9-7-12)10-14-15(17)18-11(2)16-14/h6-11,16H,3-5H2,1-2H3/b14-10+. The number of cyclic esters (lactones) is 1. The zero-order valence-corrected chi connectivity index (χ0v) is 10.9. The van der Waals surface area contributed by atoms with E-state index < -0.39 is 0 Å². The second kappa shape index (κ2) is 5.71. The summed E-state index contributed by atoms with van der Waals surface area (Å²) in [6.45, 7) is 4.00. The number of carbonyl (C=O) groups excluding carboxylic acids is 1. The molecule has 1 aliphatic heterocycles. The number of rotatable bonds is 4. The van der Waals surface area contributed by atoms with Crippen molar-refractivity contribution in [3.05, 3.63) is 41.1 Å². The maximum absolute atomic E-state index is 11.4. The van der Waals surface area contributed by atoms with Crippen molar-refractivity contribution in [2.75, 3.05) is 0 Å². The van der Waals surface area contributed by atoms with Gasteiger partial charge in [-0.1, -0.05) is 37.6 Å². The van der Waals surface area contributed by atoms with Gasteiger partial charge in [-0.2, -0.15) is 0 Å². The Kier molecular flexibility index (Phi) is 4.03. The van der Waals surface area contributed by atoms with E-state index in [0.717, 1.165) is 12.0 Å². The summed E-state index contributed by atoms with van der Waals surface area (Å²) in [6, 6.07) is 8.31. The number of ether oxygens (including phenoxy) is 1. The van der Waals surface area contributed by atoms with Crippen LogP contribution in [0.1, 0.15) is 37.8 Å². The molecule has 96 valence electrons. The summed E-state index contributed by atoms with van der Waals surface area (Å²) >= 11 is 0. The van der Waals surface area contributed by atoms with Crippen molar-refractivity contribution in [3.8, 4) is 0 Å². The number of nitrogens with one attached hydrogen (secondary N) is 1. The quantitative estimate of drug-likeness (QED) is 0.655. The molecule has 1 atom stereocenters. The van der Waals surface area contributed by atoms with Crippen molar-refractivity contribution in [1.82, 2.24) is 5.32 Å². The van der Waals surface area contributed by atoms with E-state index in [1.807, 2.05) is 25.1 Å². The third-order valence-corrected chi connectivity index (χ3v) is 2.97. The molecule has 1 saturated heterocycles. The molecule has 1 N–H and O–H groups in total. The first-order valence-corrected chi connectivity index (χ1v) is 6.47. The van der Waals surface area contributed by atoms with Crippen LogP contribution in [-0.2, 0) is 16.0 Å². The van der Waals surface area contributed by atoms with Crippen LogP contribution in [0, 0.1) is 0 Å². The molecule has 18 heavy (non-hydrogen) atoms. The average molecular weight is 245 g/mol. The Labute approximate surface area is 108 Å². The minimum atomic E-state index is -0.280. The van der Waals surface area contributed by atoms with E-state index in [1.54, 1.807) is 0 Å². The molecule has 0 bridgehead atoms. The molecule has 3 nitrogen and oxygen atoms in total. The lowest BCUT2D eigenvalue weighted by molar-refractivity contribution is -0.138. The molecule has 3 heteroatoms.